The van der Waals surface area contributed by atoms with E-state index < -0.39 is 0 Å². The van der Waals surface area contributed by atoms with Gasteiger partial charge in [-0.3, -0.25) is 9.59 Å². The summed E-state index contributed by atoms with van der Waals surface area (Å²) in [6.07, 6.45) is 0. The summed E-state index contributed by atoms with van der Waals surface area (Å²) in [5, 5.41) is 5.89. The van der Waals surface area contributed by atoms with Crippen molar-refractivity contribution in [3.63, 3.8) is 0 Å². The third-order valence-corrected chi connectivity index (χ3v) is 4.18. The van der Waals surface area contributed by atoms with Crippen molar-refractivity contribution in [1.29, 1.82) is 0 Å². The van der Waals surface area contributed by atoms with Crippen LogP contribution < -0.4 is 0 Å². The van der Waals surface area contributed by atoms with Gasteiger partial charge >= 0.3 is 0 Å². The zero-order valence-electron chi connectivity index (χ0n) is 12.3. The molecule has 4 aromatic rings. The molecule has 0 saturated heterocycles. The minimum absolute atomic E-state index is 0.125. The molecule has 1 aromatic heterocycles. The van der Waals surface area contributed by atoms with E-state index in [1.165, 1.54) is 13.8 Å². The minimum Gasteiger partial charge on any atom is -0.293 e. The van der Waals surface area contributed by atoms with Gasteiger partial charge in [-0.1, -0.05) is 42.5 Å². The highest BCUT2D eigenvalue weighted by Gasteiger charge is 2.19. The van der Waals surface area contributed by atoms with Gasteiger partial charge in [0.15, 0.2) is 11.6 Å². The predicted molar refractivity (Wildman–Crippen MR) is 88.0 cm³/mol. The van der Waals surface area contributed by atoms with Crippen LogP contribution in [0.2, 0.25) is 0 Å². The summed E-state index contributed by atoms with van der Waals surface area (Å²) in [6, 6.07) is 14.0. The third kappa shape index (κ3) is 1.59. The second-order valence-electron chi connectivity index (χ2n) is 5.60. The number of pyridine rings is 1. The fourth-order valence-electron chi connectivity index (χ4n) is 3.25. The summed E-state index contributed by atoms with van der Waals surface area (Å²) in [4.78, 5) is 28.3. The number of carbonyl (C=O) groups is 2. The molecule has 0 fully saturated rings. The molecular formula is C19H13NO2. The van der Waals surface area contributed by atoms with Crippen LogP contribution in [0.25, 0.3) is 32.3 Å². The maximum Gasteiger partial charge on any atom is 0.178 e. The lowest BCUT2D eigenvalue weighted by Gasteiger charge is -2.14. The molecule has 3 aromatic carbocycles. The molecule has 0 spiro atoms. The standard InChI is InChI=1S/C19H13NO2/c1-10(21)18-14-8-6-12-4-3-5-13-7-9-15(17(14)16(12)13)19(20-18)11(2)22/h3-9H,1-2H3. The molecule has 0 aliphatic rings. The van der Waals surface area contributed by atoms with Crippen molar-refractivity contribution >= 4 is 43.9 Å². The highest BCUT2D eigenvalue weighted by Crippen LogP contribution is 2.36. The number of Topliss-reactive ketones (excluding diaryl/α,β-unsaturated/α-hetero) is 2. The zero-order chi connectivity index (χ0) is 15.4. The van der Waals surface area contributed by atoms with Gasteiger partial charge in [-0.05, 0) is 16.2 Å². The van der Waals surface area contributed by atoms with Crippen molar-refractivity contribution < 1.29 is 9.59 Å². The number of benzene rings is 3. The van der Waals surface area contributed by atoms with Gasteiger partial charge in [0.2, 0.25) is 0 Å². The Morgan fingerprint density at radius 2 is 1.23 bits per heavy atom. The first kappa shape index (κ1) is 12.9. The monoisotopic (exact) mass is 287 g/mol. The number of ketones is 2. The first-order valence-corrected chi connectivity index (χ1v) is 7.17. The molecule has 0 radical (unpaired) electrons. The maximum absolute atomic E-state index is 12.0. The molecular weight excluding hydrogens is 274 g/mol. The van der Waals surface area contributed by atoms with E-state index in [1.807, 2.05) is 42.5 Å². The molecule has 0 amide bonds. The normalized spacial score (nSPS) is 11.5. The smallest absolute Gasteiger partial charge is 0.178 e. The molecule has 1 heterocycles. The Morgan fingerprint density at radius 1 is 0.727 bits per heavy atom. The summed E-state index contributed by atoms with van der Waals surface area (Å²) in [5.74, 6) is -0.249. The lowest BCUT2D eigenvalue weighted by molar-refractivity contribution is 0.101. The van der Waals surface area contributed by atoms with E-state index in [-0.39, 0.29) is 11.6 Å². The predicted octanol–water partition coefficient (Wildman–Crippen LogP) is 4.38. The van der Waals surface area contributed by atoms with Crippen LogP contribution in [0.3, 0.4) is 0 Å². The average molecular weight is 287 g/mol. The fraction of sp³-hybridized carbons (Fsp3) is 0.105. The second kappa shape index (κ2) is 4.34. The quantitative estimate of drug-likeness (QED) is 0.406. The number of carbonyl (C=O) groups excluding carboxylic acids is 2. The van der Waals surface area contributed by atoms with E-state index in [9.17, 15) is 9.59 Å². The van der Waals surface area contributed by atoms with Crippen LogP contribution in [-0.4, -0.2) is 16.6 Å². The van der Waals surface area contributed by atoms with Gasteiger partial charge < -0.3 is 0 Å². The summed E-state index contributed by atoms with van der Waals surface area (Å²) in [7, 11) is 0. The van der Waals surface area contributed by atoms with Crippen LogP contribution >= 0.6 is 0 Å². The van der Waals surface area contributed by atoms with Gasteiger partial charge in [0, 0.05) is 30.0 Å². The molecule has 0 aliphatic heterocycles. The molecule has 0 bridgehead atoms. The van der Waals surface area contributed by atoms with Crippen LogP contribution in [0.5, 0.6) is 0 Å². The number of rotatable bonds is 2. The Bertz CT molecular complexity index is 1000. The van der Waals surface area contributed by atoms with Gasteiger partial charge in [0.05, 0.1) is 0 Å². The fourth-order valence-corrected chi connectivity index (χ4v) is 3.25. The Kier molecular flexibility index (Phi) is 2.54. The van der Waals surface area contributed by atoms with Crippen LogP contribution in [0.15, 0.2) is 42.5 Å². The Labute approximate surface area is 126 Å². The van der Waals surface area contributed by atoms with Gasteiger partial charge in [-0.2, -0.15) is 0 Å². The van der Waals surface area contributed by atoms with Crippen molar-refractivity contribution in [2.24, 2.45) is 0 Å². The molecule has 0 atom stereocenters. The molecule has 0 saturated carbocycles. The van der Waals surface area contributed by atoms with Crippen LogP contribution in [0.4, 0.5) is 0 Å². The first-order chi connectivity index (χ1) is 10.6. The third-order valence-electron chi connectivity index (χ3n) is 4.18. The van der Waals surface area contributed by atoms with E-state index in [1.54, 1.807) is 0 Å². The van der Waals surface area contributed by atoms with Gasteiger partial charge in [-0.15, -0.1) is 0 Å². The summed E-state index contributed by atoms with van der Waals surface area (Å²) < 4.78 is 0. The van der Waals surface area contributed by atoms with E-state index in [4.69, 9.17) is 0 Å². The second-order valence-corrected chi connectivity index (χ2v) is 5.60. The number of nitrogens with zero attached hydrogens (tertiary/aromatic N) is 1. The Balaban J connectivity index is 2.39. The van der Waals surface area contributed by atoms with Crippen molar-refractivity contribution in [2.75, 3.05) is 0 Å². The van der Waals surface area contributed by atoms with E-state index in [0.29, 0.717) is 11.4 Å². The highest BCUT2D eigenvalue weighted by atomic mass is 16.1. The molecule has 22 heavy (non-hydrogen) atoms. The molecule has 0 N–H and O–H groups in total. The lowest BCUT2D eigenvalue weighted by atomic mass is 9.92. The van der Waals surface area contributed by atoms with E-state index in [2.05, 4.69) is 4.98 Å². The average Bonchev–Trinajstić information content (AvgIpc) is 2.51. The SMILES string of the molecule is CC(=O)c1nc(C(C)=O)c2ccc3cccc4ccc1c2c43. The minimum atomic E-state index is -0.125. The van der Waals surface area contributed by atoms with Crippen molar-refractivity contribution in [2.45, 2.75) is 13.8 Å². The molecule has 3 heteroatoms. The largest absolute Gasteiger partial charge is 0.293 e. The topological polar surface area (TPSA) is 47.0 Å². The molecule has 4 rings (SSSR count). The summed E-state index contributed by atoms with van der Waals surface area (Å²) in [6.45, 7) is 2.98. The van der Waals surface area contributed by atoms with Crippen LogP contribution in [-0.2, 0) is 0 Å². The Morgan fingerprint density at radius 3 is 1.68 bits per heavy atom. The lowest BCUT2D eigenvalue weighted by Crippen LogP contribution is -2.07. The first-order valence-electron chi connectivity index (χ1n) is 7.17. The van der Waals surface area contributed by atoms with Crippen LogP contribution in [0, 0.1) is 0 Å². The van der Waals surface area contributed by atoms with E-state index in [0.717, 1.165) is 32.3 Å². The number of hydrogen-bond acceptors (Lipinski definition) is 3. The van der Waals surface area contributed by atoms with Gasteiger partial charge in [0.1, 0.15) is 11.4 Å². The molecule has 106 valence electrons. The summed E-state index contributed by atoms with van der Waals surface area (Å²) in [5.41, 5.74) is 0.743. The number of hydrogen-bond donors (Lipinski definition) is 0. The molecule has 0 aliphatic carbocycles. The van der Waals surface area contributed by atoms with Crippen molar-refractivity contribution in [3.8, 4) is 0 Å². The maximum atomic E-state index is 12.0. The van der Waals surface area contributed by atoms with Crippen molar-refractivity contribution in [3.05, 3.63) is 53.9 Å². The van der Waals surface area contributed by atoms with E-state index >= 15 is 0 Å². The van der Waals surface area contributed by atoms with Crippen molar-refractivity contribution in [1.82, 2.24) is 4.98 Å². The molecule has 0 unspecified atom stereocenters. The van der Waals surface area contributed by atoms with Crippen LogP contribution in [0.1, 0.15) is 34.8 Å². The van der Waals surface area contributed by atoms with Gasteiger partial charge in [-0.25, -0.2) is 4.98 Å². The number of aromatic nitrogens is 1. The zero-order valence-corrected chi connectivity index (χ0v) is 12.3. The summed E-state index contributed by atoms with van der Waals surface area (Å²) >= 11 is 0. The van der Waals surface area contributed by atoms with Gasteiger partial charge in [0.25, 0.3) is 0 Å². The highest BCUT2D eigenvalue weighted by molar-refractivity contribution is 6.28. The molecule has 3 nitrogen and oxygen atoms in total. The Hall–Kier alpha value is -2.81.